The number of hydrogen-bond donors (Lipinski definition) is 1. The standard InChI is InChI=1S/C12H19N3O4S/c1-3-15-8-10(12(14-15)19-20(2,17)18)11(16)13-9-6-4-5-7-9/h8-9H,3-7H2,1-2H3,(H,13,16). The molecule has 0 unspecified atom stereocenters. The number of aromatic nitrogens is 2. The average molecular weight is 301 g/mol. The van der Waals surface area contributed by atoms with E-state index in [1.165, 1.54) is 10.9 Å². The third-order valence-electron chi connectivity index (χ3n) is 3.22. The first-order chi connectivity index (χ1) is 9.39. The molecule has 1 aliphatic carbocycles. The molecule has 8 heteroatoms. The quantitative estimate of drug-likeness (QED) is 0.817. The topological polar surface area (TPSA) is 90.3 Å². The number of nitrogens with one attached hydrogen (secondary N) is 1. The molecule has 0 aromatic carbocycles. The van der Waals surface area contributed by atoms with E-state index >= 15 is 0 Å². The van der Waals surface area contributed by atoms with Gasteiger partial charge in [-0.3, -0.25) is 9.48 Å². The van der Waals surface area contributed by atoms with Gasteiger partial charge >= 0.3 is 10.1 Å². The van der Waals surface area contributed by atoms with E-state index in [4.69, 9.17) is 4.18 Å². The van der Waals surface area contributed by atoms with Gasteiger partial charge in [0.2, 0.25) is 0 Å². The number of rotatable bonds is 5. The third kappa shape index (κ3) is 3.72. The van der Waals surface area contributed by atoms with Crippen LogP contribution in [0.25, 0.3) is 0 Å². The van der Waals surface area contributed by atoms with Crippen LogP contribution in [0.2, 0.25) is 0 Å². The number of nitrogens with zero attached hydrogens (tertiary/aromatic N) is 2. The van der Waals surface area contributed by atoms with Crippen molar-refractivity contribution in [2.45, 2.75) is 45.2 Å². The van der Waals surface area contributed by atoms with Crippen LogP contribution in [0, 0.1) is 0 Å². The molecule has 1 heterocycles. The minimum atomic E-state index is -3.71. The van der Waals surface area contributed by atoms with E-state index in [-0.39, 0.29) is 23.4 Å². The minimum Gasteiger partial charge on any atom is -0.359 e. The molecule has 2 rings (SSSR count). The predicted octanol–water partition coefficient (Wildman–Crippen LogP) is 0.914. The first-order valence-corrected chi connectivity index (χ1v) is 8.48. The lowest BCUT2D eigenvalue weighted by atomic mass is 10.2. The number of carbonyl (C=O) groups is 1. The van der Waals surface area contributed by atoms with Crippen molar-refractivity contribution in [3.8, 4) is 5.88 Å². The first kappa shape index (κ1) is 14.8. The van der Waals surface area contributed by atoms with Crippen molar-refractivity contribution < 1.29 is 17.4 Å². The molecular weight excluding hydrogens is 282 g/mol. The van der Waals surface area contributed by atoms with Crippen molar-refractivity contribution in [2.24, 2.45) is 0 Å². The van der Waals surface area contributed by atoms with Crippen LogP contribution in [0.15, 0.2) is 6.20 Å². The molecule has 112 valence electrons. The fourth-order valence-corrected chi connectivity index (χ4v) is 2.67. The maximum absolute atomic E-state index is 12.2. The molecule has 0 aliphatic heterocycles. The van der Waals surface area contributed by atoms with Gasteiger partial charge in [-0.2, -0.15) is 8.42 Å². The maximum atomic E-state index is 12.2. The third-order valence-corrected chi connectivity index (χ3v) is 3.68. The summed E-state index contributed by atoms with van der Waals surface area (Å²) in [5.74, 6) is -0.500. The lowest BCUT2D eigenvalue weighted by Crippen LogP contribution is -2.32. The summed E-state index contributed by atoms with van der Waals surface area (Å²) in [6.07, 6.45) is 6.55. The van der Waals surface area contributed by atoms with E-state index in [0.29, 0.717) is 6.54 Å². The molecule has 1 aromatic rings. The Kier molecular flexibility index (Phi) is 4.32. The van der Waals surface area contributed by atoms with Gasteiger partial charge in [-0.15, -0.1) is 5.10 Å². The molecule has 0 radical (unpaired) electrons. The smallest absolute Gasteiger partial charge is 0.307 e. The summed E-state index contributed by atoms with van der Waals surface area (Å²) in [5.41, 5.74) is 0.157. The normalized spacial score (nSPS) is 16.3. The predicted molar refractivity (Wildman–Crippen MR) is 73.1 cm³/mol. The van der Waals surface area contributed by atoms with Gasteiger partial charge in [-0.05, 0) is 19.8 Å². The Labute approximate surface area is 118 Å². The first-order valence-electron chi connectivity index (χ1n) is 6.67. The van der Waals surface area contributed by atoms with Gasteiger partial charge in [0.1, 0.15) is 5.56 Å². The molecule has 1 aliphatic rings. The Bertz CT molecular complexity index is 588. The second kappa shape index (κ2) is 5.82. The van der Waals surface area contributed by atoms with Crippen LogP contribution in [0.3, 0.4) is 0 Å². The minimum absolute atomic E-state index is 0.151. The van der Waals surface area contributed by atoms with Crippen LogP contribution in [-0.4, -0.2) is 36.4 Å². The number of hydrogen-bond acceptors (Lipinski definition) is 5. The van der Waals surface area contributed by atoms with Gasteiger partial charge in [-0.1, -0.05) is 12.8 Å². The van der Waals surface area contributed by atoms with E-state index in [9.17, 15) is 13.2 Å². The van der Waals surface area contributed by atoms with Gasteiger partial charge in [0.15, 0.2) is 0 Å². The molecule has 0 saturated heterocycles. The highest BCUT2D eigenvalue weighted by Crippen LogP contribution is 2.21. The van der Waals surface area contributed by atoms with Crippen molar-refractivity contribution in [3.05, 3.63) is 11.8 Å². The fraction of sp³-hybridized carbons (Fsp3) is 0.667. The maximum Gasteiger partial charge on any atom is 0.307 e. The summed E-state index contributed by atoms with van der Waals surface area (Å²) in [6, 6.07) is 0.151. The van der Waals surface area contributed by atoms with E-state index in [1.54, 1.807) is 0 Å². The van der Waals surface area contributed by atoms with Crippen molar-refractivity contribution in [1.82, 2.24) is 15.1 Å². The molecule has 0 bridgehead atoms. The van der Waals surface area contributed by atoms with Gasteiger partial charge in [0.25, 0.3) is 11.8 Å². The molecule has 1 N–H and O–H groups in total. The Morgan fingerprint density at radius 2 is 2.15 bits per heavy atom. The molecule has 7 nitrogen and oxygen atoms in total. The SMILES string of the molecule is CCn1cc(C(=O)NC2CCCC2)c(OS(C)(=O)=O)n1. The Hall–Kier alpha value is -1.57. The zero-order chi connectivity index (χ0) is 14.8. The fourth-order valence-electron chi connectivity index (χ4n) is 2.26. The molecule has 0 spiro atoms. The van der Waals surface area contributed by atoms with Gasteiger partial charge in [0, 0.05) is 18.8 Å². The van der Waals surface area contributed by atoms with Crippen molar-refractivity contribution in [3.63, 3.8) is 0 Å². The zero-order valence-electron chi connectivity index (χ0n) is 11.6. The van der Waals surface area contributed by atoms with Crippen molar-refractivity contribution in [1.29, 1.82) is 0 Å². The van der Waals surface area contributed by atoms with Gasteiger partial charge in [0.05, 0.1) is 6.26 Å². The largest absolute Gasteiger partial charge is 0.359 e. The Balaban J connectivity index is 2.19. The summed E-state index contributed by atoms with van der Waals surface area (Å²) in [4.78, 5) is 12.2. The summed E-state index contributed by atoms with van der Waals surface area (Å²) in [6.45, 7) is 2.37. The van der Waals surface area contributed by atoms with Crippen LogP contribution < -0.4 is 9.50 Å². The summed E-state index contributed by atoms with van der Waals surface area (Å²) in [5, 5.41) is 6.86. The Morgan fingerprint density at radius 1 is 1.50 bits per heavy atom. The number of amides is 1. The number of carbonyl (C=O) groups excluding carboxylic acids is 1. The van der Waals surface area contributed by atoms with Crippen LogP contribution in [0.1, 0.15) is 43.0 Å². The van der Waals surface area contributed by atoms with E-state index in [1.807, 2.05) is 6.92 Å². The highest BCUT2D eigenvalue weighted by atomic mass is 32.2. The molecule has 1 amide bonds. The van der Waals surface area contributed by atoms with Crippen LogP contribution in [0.5, 0.6) is 5.88 Å². The van der Waals surface area contributed by atoms with E-state index < -0.39 is 10.1 Å². The molecular formula is C12H19N3O4S. The average Bonchev–Trinajstić information content (AvgIpc) is 2.96. The van der Waals surface area contributed by atoms with Crippen LogP contribution >= 0.6 is 0 Å². The van der Waals surface area contributed by atoms with Gasteiger partial charge < -0.3 is 9.50 Å². The molecule has 20 heavy (non-hydrogen) atoms. The van der Waals surface area contributed by atoms with Crippen LogP contribution in [0.4, 0.5) is 0 Å². The molecule has 1 fully saturated rings. The zero-order valence-corrected chi connectivity index (χ0v) is 12.4. The summed E-state index contributed by atoms with van der Waals surface area (Å²) in [7, 11) is -3.71. The molecule has 0 atom stereocenters. The summed E-state index contributed by atoms with van der Waals surface area (Å²) < 4.78 is 28.7. The van der Waals surface area contributed by atoms with Gasteiger partial charge in [-0.25, -0.2) is 0 Å². The van der Waals surface area contributed by atoms with Crippen molar-refractivity contribution >= 4 is 16.0 Å². The summed E-state index contributed by atoms with van der Waals surface area (Å²) >= 11 is 0. The highest BCUT2D eigenvalue weighted by Gasteiger charge is 2.24. The number of aryl methyl sites for hydroxylation is 1. The molecule has 1 saturated carbocycles. The second-order valence-electron chi connectivity index (χ2n) is 4.95. The van der Waals surface area contributed by atoms with E-state index in [0.717, 1.165) is 31.9 Å². The highest BCUT2D eigenvalue weighted by molar-refractivity contribution is 7.86. The lowest BCUT2D eigenvalue weighted by molar-refractivity contribution is 0.0936. The Morgan fingerprint density at radius 3 is 2.70 bits per heavy atom. The molecule has 1 aromatic heterocycles. The second-order valence-corrected chi connectivity index (χ2v) is 6.52. The van der Waals surface area contributed by atoms with Crippen molar-refractivity contribution in [2.75, 3.05) is 6.26 Å². The van der Waals surface area contributed by atoms with Crippen LogP contribution in [-0.2, 0) is 16.7 Å². The monoisotopic (exact) mass is 301 g/mol. The van der Waals surface area contributed by atoms with E-state index in [2.05, 4.69) is 10.4 Å². The lowest BCUT2D eigenvalue weighted by Gasteiger charge is -2.11.